The molecule has 4 heteroatoms. The van der Waals surface area contributed by atoms with E-state index in [1.807, 2.05) is 43.0 Å². The van der Waals surface area contributed by atoms with E-state index >= 15 is 0 Å². The van der Waals surface area contributed by atoms with Gasteiger partial charge in [0.2, 0.25) is 0 Å². The molecule has 4 nitrogen and oxygen atoms in total. The molecule has 0 unspecified atom stereocenters. The van der Waals surface area contributed by atoms with Crippen molar-refractivity contribution in [3.63, 3.8) is 0 Å². The van der Waals surface area contributed by atoms with Crippen LogP contribution in [-0.2, 0) is 4.74 Å². The van der Waals surface area contributed by atoms with Gasteiger partial charge in [-0.05, 0) is 32.1 Å². The minimum atomic E-state index is -0.302. The Kier molecular flexibility index (Phi) is 3.77. The number of carbonyl (C=O) groups is 1. The largest absolute Gasteiger partial charge is 0.459 e. The number of benzene rings is 1. The van der Waals surface area contributed by atoms with Gasteiger partial charge in [0, 0.05) is 12.7 Å². The molecule has 0 saturated heterocycles. The van der Waals surface area contributed by atoms with E-state index in [-0.39, 0.29) is 12.1 Å². The van der Waals surface area contributed by atoms with Crippen LogP contribution >= 0.6 is 0 Å². The highest BCUT2D eigenvalue weighted by Gasteiger charge is 2.17. The van der Waals surface area contributed by atoms with Crippen molar-refractivity contribution in [2.24, 2.45) is 4.99 Å². The summed E-state index contributed by atoms with van der Waals surface area (Å²) in [6, 6.07) is 7.39. The third-order valence-corrected chi connectivity index (χ3v) is 2.48. The number of carbonyl (C=O) groups excluding carboxylic acids is 1. The van der Waals surface area contributed by atoms with Gasteiger partial charge in [0.1, 0.15) is 0 Å². The number of rotatable bonds is 3. The van der Waals surface area contributed by atoms with Crippen molar-refractivity contribution >= 4 is 18.0 Å². The molecule has 1 aliphatic rings. The first kappa shape index (κ1) is 12.4. The second-order valence-corrected chi connectivity index (χ2v) is 4.27. The Morgan fingerprint density at radius 3 is 2.83 bits per heavy atom. The Hall–Kier alpha value is -2.10. The monoisotopic (exact) mass is 244 g/mol. The number of hydrogen-bond donors (Lipinski definition) is 0. The predicted molar refractivity (Wildman–Crippen MR) is 72.0 cm³/mol. The zero-order valence-electron chi connectivity index (χ0n) is 10.5. The molecule has 0 bridgehead atoms. The van der Waals surface area contributed by atoms with E-state index in [1.54, 1.807) is 18.6 Å². The molecule has 0 atom stereocenters. The van der Waals surface area contributed by atoms with Crippen LogP contribution in [0.2, 0.25) is 0 Å². The van der Waals surface area contributed by atoms with Crippen LogP contribution in [0.3, 0.4) is 0 Å². The van der Waals surface area contributed by atoms with E-state index in [0.29, 0.717) is 12.1 Å². The van der Waals surface area contributed by atoms with E-state index in [2.05, 4.69) is 4.99 Å². The molecule has 0 aromatic heterocycles. The number of anilines is 1. The van der Waals surface area contributed by atoms with Gasteiger partial charge in [-0.15, -0.1) is 0 Å². The summed E-state index contributed by atoms with van der Waals surface area (Å²) in [6.45, 7) is 4.38. The van der Waals surface area contributed by atoms with Gasteiger partial charge in [-0.2, -0.15) is 0 Å². The summed E-state index contributed by atoms with van der Waals surface area (Å²) in [6.07, 6.45) is 5.26. The molecule has 0 spiro atoms. The lowest BCUT2D eigenvalue weighted by atomic mass is 10.1. The topological polar surface area (TPSA) is 41.9 Å². The highest BCUT2D eigenvalue weighted by molar-refractivity contribution is 5.99. The minimum Gasteiger partial charge on any atom is -0.459 e. The zero-order chi connectivity index (χ0) is 13.0. The lowest BCUT2D eigenvalue weighted by molar-refractivity contribution is 0.0379. The van der Waals surface area contributed by atoms with Gasteiger partial charge in [0.05, 0.1) is 23.7 Å². The third kappa shape index (κ3) is 2.77. The van der Waals surface area contributed by atoms with Crippen LogP contribution in [-0.4, -0.2) is 25.0 Å². The van der Waals surface area contributed by atoms with Gasteiger partial charge in [-0.1, -0.05) is 12.1 Å². The molecule has 0 radical (unpaired) electrons. The molecule has 0 saturated carbocycles. The number of esters is 1. The summed E-state index contributed by atoms with van der Waals surface area (Å²) < 4.78 is 5.24. The Balaban J connectivity index is 2.28. The number of para-hydroxylation sites is 1. The second-order valence-electron chi connectivity index (χ2n) is 4.27. The standard InChI is InChI=1S/C14H16N2O2/c1-11(2)18-14(17)12-6-3-4-7-13(12)16-9-5-8-15-10-16/h3-8,10-11H,9H2,1-2H3. The first-order chi connectivity index (χ1) is 8.68. The number of ether oxygens (including phenoxy) is 1. The summed E-state index contributed by atoms with van der Waals surface area (Å²) in [5.74, 6) is -0.302. The maximum atomic E-state index is 12.0. The van der Waals surface area contributed by atoms with E-state index in [9.17, 15) is 4.79 Å². The fourth-order valence-electron chi connectivity index (χ4n) is 1.72. The van der Waals surface area contributed by atoms with Crippen molar-refractivity contribution < 1.29 is 9.53 Å². The number of nitrogens with zero attached hydrogens (tertiary/aromatic N) is 2. The first-order valence-electron chi connectivity index (χ1n) is 5.93. The quantitative estimate of drug-likeness (QED) is 0.767. The van der Waals surface area contributed by atoms with Gasteiger partial charge >= 0.3 is 5.97 Å². The van der Waals surface area contributed by atoms with E-state index in [0.717, 1.165) is 5.69 Å². The molecule has 2 rings (SSSR count). The maximum absolute atomic E-state index is 12.0. The first-order valence-corrected chi connectivity index (χ1v) is 5.93. The van der Waals surface area contributed by atoms with Gasteiger partial charge in [0.15, 0.2) is 0 Å². The van der Waals surface area contributed by atoms with Crippen LogP contribution in [0.1, 0.15) is 24.2 Å². The van der Waals surface area contributed by atoms with Gasteiger partial charge < -0.3 is 9.64 Å². The molecule has 18 heavy (non-hydrogen) atoms. The van der Waals surface area contributed by atoms with Crippen LogP contribution in [0.4, 0.5) is 5.69 Å². The molecule has 1 aromatic rings. The average Bonchev–Trinajstić information content (AvgIpc) is 2.39. The molecule has 94 valence electrons. The molecule has 0 aliphatic carbocycles. The Labute approximate surface area is 107 Å². The van der Waals surface area contributed by atoms with Crippen LogP contribution < -0.4 is 4.90 Å². The summed E-state index contributed by atoms with van der Waals surface area (Å²) >= 11 is 0. The van der Waals surface area contributed by atoms with Crippen molar-refractivity contribution in [3.8, 4) is 0 Å². The van der Waals surface area contributed by atoms with Crippen LogP contribution in [0.25, 0.3) is 0 Å². The Bertz CT molecular complexity index is 492. The van der Waals surface area contributed by atoms with Crippen LogP contribution in [0.5, 0.6) is 0 Å². The fourth-order valence-corrected chi connectivity index (χ4v) is 1.72. The Morgan fingerprint density at radius 2 is 2.17 bits per heavy atom. The van der Waals surface area contributed by atoms with Gasteiger partial charge in [-0.3, -0.25) is 0 Å². The molecule has 1 aromatic carbocycles. The van der Waals surface area contributed by atoms with E-state index in [1.165, 1.54) is 0 Å². The molecule has 0 amide bonds. The van der Waals surface area contributed by atoms with Crippen molar-refractivity contribution in [1.82, 2.24) is 0 Å². The molecular weight excluding hydrogens is 228 g/mol. The summed E-state index contributed by atoms with van der Waals surface area (Å²) in [5.41, 5.74) is 1.38. The van der Waals surface area contributed by atoms with Crippen molar-refractivity contribution in [2.45, 2.75) is 20.0 Å². The molecule has 0 fully saturated rings. The average molecular weight is 244 g/mol. The van der Waals surface area contributed by atoms with E-state index < -0.39 is 0 Å². The summed E-state index contributed by atoms with van der Waals surface area (Å²) in [5, 5.41) is 0. The third-order valence-electron chi connectivity index (χ3n) is 2.48. The molecular formula is C14H16N2O2. The van der Waals surface area contributed by atoms with E-state index in [4.69, 9.17) is 4.74 Å². The highest BCUT2D eigenvalue weighted by Crippen LogP contribution is 2.21. The minimum absolute atomic E-state index is 0.125. The highest BCUT2D eigenvalue weighted by atomic mass is 16.5. The number of aliphatic imine (C=N–C) groups is 1. The van der Waals surface area contributed by atoms with Gasteiger partial charge in [0.25, 0.3) is 0 Å². The smallest absolute Gasteiger partial charge is 0.340 e. The second kappa shape index (κ2) is 5.49. The summed E-state index contributed by atoms with van der Waals surface area (Å²) in [4.78, 5) is 18.0. The van der Waals surface area contributed by atoms with Crippen LogP contribution in [0.15, 0.2) is 41.5 Å². The lowest BCUT2D eigenvalue weighted by Crippen LogP contribution is -2.25. The zero-order valence-corrected chi connectivity index (χ0v) is 10.5. The summed E-state index contributed by atoms with van der Waals surface area (Å²) in [7, 11) is 0. The van der Waals surface area contributed by atoms with Crippen LogP contribution in [0, 0.1) is 0 Å². The predicted octanol–water partition coefficient (Wildman–Crippen LogP) is 2.61. The fraction of sp³-hybridized carbons (Fsp3) is 0.286. The molecule has 0 N–H and O–H groups in total. The number of hydrogen-bond acceptors (Lipinski definition) is 4. The normalized spacial score (nSPS) is 14.1. The lowest BCUT2D eigenvalue weighted by Gasteiger charge is -2.22. The molecule has 1 heterocycles. The van der Waals surface area contributed by atoms with Crippen molar-refractivity contribution in [1.29, 1.82) is 0 Å². The van der Waals surface area contributed by atoms with Gasteiger partial charge in [-0.25, -0.2) is 9.79 Å². The van der Waals surface area contributed by atoms with Crippen molar-refractivity contribution in [2.75, 3.05) is 11.4 Å². The molecule has 1 aliphatic heterocycles. The van der Waals surface area contributed by atoms with Crippen molar-refractivity contribution in [3.05, 3.63) is 42.1 Å². The maximum Gasteiger partial charge on any atom is 0.340 e. The SMILES string of the molecule is CC(C)OC(=O)c1ccccc1N1C=NC=CC1. The Morgan fingerprint density at radius 1 is 1.39 bits per heavy atom.